The van der Waals surface area contributed by atoms with Crippen molar-refractivity contribution in [1.29, 1.82) is 0 Å². The molecule has 2 bridgehead atoms. The summed E-state index contributed by atoms with van der Waals surface area (Å²) < 4.78 is 5.18. The first-order valence-corrected chi connectivity index (χ1v) is 8.62. The number of hydrogen-bond acceptors (Lipinski definition) is 4. The number of nitrogens with one attached hydrogen (secondary N) is 1. The molecule has 6 atom stereocenters. The maximum atomic E-state index is 12.9. The molecule has 6 nitrogen and oxygen atoms in total. The van der Waals surface area contributed by atoms with Crippen molar-refractivity contribution < 1.29 is 19.1 Å². The molecule has 6 rings (SSSR count). The molecule has 5 aliphatic rings. The topological polar surface area (TPSA) is 75.7 Å². The van der Waals surface area contributed by atoms with Gasteiger partial charge >= 0.3 is 0 Å². The van der Waals surface area contributed by atoms with Crippen LogP contribution in [-0.2, 0) is 9.59 Å². The number of allylic oxidation sites excluding steroid dienone is 2. The monoisotopic (exact) mass is 338 g/mol. The summed E-state index contributed by atoms with van der Waals surface area (Å²) in [6.45, 7) is 0. The minimum absolute atomic E-state index is 0.143. The number of methoxy groups -OCH3 is 1. The number of ether oxygens (including phenoxy) is 1. The highest BCUT2D eigenvalue weighted by molar-refractivity contribution is 6.09. The van der Waals surface area contributed by atoms with Gasteiger partial charge < -0.3 is 4.74 Å². The second-order valence-corrected chi connectivity index (χ2v) is 7.31. The van der Waals surface area contributed by atoms with Crippen molar-refractivity contribution in [1.82, 2.24) is 10.4 Å². The van der Waals surface area contributed by atoms with E-state index in [1.54, 1.807) is 24.3 Å². The first kappa shape index (κ1) is 14.7. The normalized spacial score (nSPS) is 36.9. The molecule has 1 aliphatic heterocycles. The molecule has 3 fully saturated rings. The minimum atomic E-state index is -0.511. The number of hydrazine groups is 1. The SMILES string of the molecule is COc1ccccc1C(=O)NN1C(=O)[C@@H]2[C@@H]3C=C[C@H]([C@H]4C[C@H]34)[C@@H]2C1=O. The fourth-order valence-electron chi connectivity index (χ4n) is 5.06. The van der Waals surface area contributed by atoms with Crippen LogP contribution < -0.4 is 10.2 Å². The van der Waals surface area contributed by atoms with Crippen LogP contribution >= 0.6 is 0 Å². The van der Waals surface area contributed by atoms with Crippen molar-refractivity contribution in [3.63, 3.8) is 0 Å². The second kappa shape index (κ2) is 4.94. The molecule has 1 saturated heterocycles. The average molecular weight is 338 g/mol. The van der Waals surface area contributed by atoms with E-state index in [1.165, 1.54) is 7.11 Å². The predicted molar refractivity (Wildman–Crippen MR) is 87.0 cm³/mol. The molecule has 1 heterocycles. The molecule has 3 amide bonds. The number of carbonyl (C=O) groups excluding carboxylic acids is 3. The third-order valence-corrected chi connectivity index (χ3v) is 6.23. The highest BCUT2D eigenvalue weighted by Gasteiger charge is 2.67. The Hall–Kier alpha value is -2.63. The van der Waals surface area contributed by atoms with E-state index in [2.05, 4.69) is 17.6 Å². The van der Waals surface area contributed by atoms with Crippen LogP contribution in [0.2, 0.25) is 0 Å². The fourth-order valence-corrected chi connectivity index (χ4v) is 5.06. The van der Waals surface area contributed by atoms with Gasteiger partial charge in [-0.1, -0.05) is 24.3 Å². The Bertz CT molecular complexity index is 796. The average Bonchev–Trinajstić information content (AvgIpc) is 3.42. The second-order valence-electron chi connectivity index (χ2n) is 7.31. The number of amides is 3. The summed E-state index contributed by atoms with van der Waals surface area (Å²) in [7, 11) is 1.47. The van der Waals surface area contributed by atoms with E-state index >= 15 is 0 Å². The standard InChI is InChI=1S/C19H18N2O4/c1-25-14-5-3-2-4-11(14)17(22)20-21-18(23)15-9-6-7-10(13-8-12(9)13)16(15)19(21)24/h2-7,9-10,12-13,15-16H,8H2,1H3,(H,20,22)/t9-,10-,12-,13-,15-,16+/m1/s1. The van der Waals surface area contributed by atoms with Crippen LogP contribution in [0.3, 0.4) is 0 Å². The number of nitrogens with zero attached hydrogens (tertiary/aromatic N) is 1. The summed E-state index contributed by atoms with van der Waals surface area (Å²) in [5.41, 5.74) is 2.81. The van der Waals surface area contributed by atoms with Crippen molar-refractivity contribution in [2.45, 2.75) is 6.42 Å². The molecular formula is C19H18N2O4. The number of imide groups is 1. The third kappa shape index (κ3) is 1.88. The number of benzene rings is 1. The molecule has 1 N–H and O–H groups in total. The van der Waals surface area contributed by atoms with E-state index < -0.39 is 5.91 Å². The molecular weight excluding hydrogens is 320 g/mol. The van der Waals surface area contributed by atoms with Gasteiger partial charge in [-0.3, -0.25) is 19.8 Å². The molecule has 1 aromatic carbocycles. The van der Waals surface area contributed by atoms with Gasteiger partial charge in [0.2, 0.25) is 0 Å². The lowest BCUT2D eigenvalue weighted by atomic mass is 9.63. The molecule has 2 saturated carbocycles. The Kier molecular flexibility index (Phi) is 2.90. The number of para-hydroxylation sites is 1. The van der Waals surface area contributed by atoms with Gasteiger partial charge in [-0.15, -0.1) is 0 Å². The number of rotatable bonds is 3. The maximum Gasteiger partial charge on any atom is 0.274 e. The number of hydrogen-bond donors (Lipinski definition) is 1. The zero-order valence-electron chi connectivity index (χ0n) is 13.7. The summed E-state index contributed by atoms with van der Waals surface area (Å²) in [5, 5.41) is 0.946. The quantitative estimate of drug-likeness (QED) is 0.668. The summed E-state index contributed by atoms with van der Waals surface area (Å²) in [6.07, 6.45) is 5.33. The smallest absolute Gasteiger partial charge is 0.274 e. The summed E-state index contributed by atoms with van der Waals surface area (Å²) >= 11 is 0. The molecule has 0 aromatic heterocycles. The molecule has 4 aliphatic carbocycles. The predicted octanol–water partition coefficient (Wildman–Crippen LogP) is 1.39. The maximum absolute atomic E-state index is 12.9. The third-order valence-electron chi connectivity index (χ3n) is 6.23. The highest BCUT2D eigenvalue weighted by Crippen LogP contribution is 2.65. The van der Waals surface area contributed by atoms with Gasteiger partial charge in [0.05, 0.1) is 24.5 Å². The van der Waals surface area contributed by atoms with Crippen LogP contribution in [0.1, 0.15) is 16.8 Å². The van der Waals surface area contributed by atoms with Crippen molar-refractivity contribution in [2.75, 3.05) is 7.11 Å². The fraction of sp³-hybridized carbons (Fsp3) is 0.421. The Morgan fingerprint density at radius 3 is 2.28 bits per heavy atom. The van der Waals surface area contributed by atoms with E-state index in [9.17, 15) is 14.4 Å². The van der Waals surface area contributed by atoms with Crippen molar-refractivity contribution in [3.8, 4) is 5.75 Å². The van der Waals surface area contributed by atoms with Crippen molar-refractivity contribution in [2.24, 2.45) is 35.5 Å². The van der Waals surface area contributed by atoms with Gasteiger partial charge in [0.1, 0.15) is 5.75 Å². The van der Waals surface area contributed by atoms with Gasteiger partial charge in [-0.25, -0.2) is 0 Å². The van der Waals surface area contributed by atoms with Crippen LogP contribution in [0.5, 0.6) is 5.75 Å². The van der Waals surface area contributed by atoms with Crippen LogP contribution in [0, 0.1) is 35.5 Å². The Labute approximate surface area is 144 Å². The summed E-state index contributed by atoms with van der Waals surface area (Å²) in [5.74, 6) is 0.0760. The van der Waals surface area contributed by atoms with Crippen LogP contribution in [0.4, 0.5) is 0 Å². The molecule has 0 radical (unpaired) electrons. The minimum Gasteiger partial charge on any atom is -0.496 e. The molecule has 6 heteroatoms. The van der Waals surface area contributed by atoms with Crippen molar-refractivity contribution >= 4 is 17.7 Å². The molecule has 25 heavy (non-hydrogen) atoms. The van der Waals surface area contributed by atoms with Gasteiger partial charge in [0.25, 0.3) is 17.7 Å². The van der Waals surface area contributed by atoms with Gasteiger partial charge in [0, 0.05) is 0 Å². The van der Waals surface area contributed by atoms with E-state index in [4.69, 9.17) is 4.74 Å². The Morgan fingerprint density at radius 1 is 1.08 bits per heavy atom. The van der Waals surface area contributed by atoms with Crippen LogP contribution in [0.25, 0.3) is 0 Å². The molecule has 128 valence electrons. The Balaban J connectivity index is 1.42. The lowest BCUT2D eigenvalue weighted by Gasteiger charge is -2.37. The zero-order valence-corrected chi connectivity index (χ0v) is 13.7. The molecule has 0 unspecified atom stereocenters. The number of carbonyl (C=O) groups is 3. The zero-order chi connectivity index (χ0) is 17.3. The Morgan fingerprint density at radius 2 is 1.68 bits per heavy atom. The first-order valence-electron chi connectivity index (χ1n) is 8.62. The summed E-state index contributed by atoms with van der Waals surface area (Å²) in [6, 6.07) is 6.74. The first-order chi connectivity index (χ1) is 12.1. The summed E-state index contributed by atoms with van der Waals surface area (Å²) in [4.78, 5) is 38.3. The van der Waals surface area contributed by atoms with E-state index in [-0.39, 0.29) is 35.5 Å². The van der Waals surface area contributed by atoms with Gasteiger partial charge in [-0.05, 0) is 42.2 Å². The van der Waals surface area contributed by atoms with Crippen LogP contribution in [-0.4, -0.2) is 29.8 Å². The van der Waals surface area contributed by atoms with E-state index in [0.717, 1.165) is 11.4 Å². The molecule has 1 aromatic rings. The van der Waals surface area contributed by atoms with Crippen LogP contribution in [0.15, 0.2) is 36.4 Å². The van der Waals surface area contributed by atoms with E-state index in [0.29, 0.717) is 23.1 Å². The molecule has 0 spiro atoms. The lowest BCUT2D eigenvalue weighted by molar-refractivity contribution is -0.143. The van der Waals surface area contributed by atoms with Crippen molar-refractivity contribution in [3.05, 3.63) is 42.0 Å². The van der Waals surface area contributed by atoms with Gasteiger partial charge in [0.15, 0.2) is 0 Å². The van der Waals surface area contributed by atoms with E-state index in [1.807, 2.05) is 0 Å². The lowest BCUT2D eigenvalue weighted by Crippen LogP contribution is -2.47. The highest BCUT2D eigenvalue weighted by atomic mass is 16.5. The van der Waals surface area contributed by atoms with Gasteiger partial charge in [-0.2, -0.15) is 5.01 Å². The largest absolute Gasteiger partial charge is 0.496 e.